The number of fused-ring (bicyclic) bond motifs is 1. The molecule has 3 aromatic rings. The van der Waals surface area contributed by atoms with Gasteiger partial charge in [-0.05, 0) is 11.6 Å². The Kier molecular flexibility index (Phi) is 2.70. The van der Waals surface area contributed by atoms with E-state index in [1.807, 2.05) is 24.3 Å². The molecule has 90 valence electrons. The predicted octanol–water partition coefficient (Wildman–Crippen LogP) is 3.91. The summed E-state index contributed by atoms with van der Waals surface area (Å²) in [5.41, 5.74) is 1.75. The highest BCUT2D eigenvalue weighted by Gasteiger charge is 2.16. The fraction of sp³-hybridized carbons (Fsp3) is 0. The second kappa shape index (κ2) is 4.51. The molecule has 0 N–H and O–H groups in total. The summed E-state index contributed by atoms with van der Waals surface area (Å²) in [5, 5.41) is 10.0. The van der Waals surface area contributed by atoms with Gasteiger partial charge in [0.1, 0.15) is 6.07 Å². The molecule has 2 aromatic carbocycles. The van der Waals surface area contributed by atoms with Crippen LogP contribution < -0.4 is 0 Å². The Hall–Kier alpha value is -2.73. The fourth-order valence-electron chi connectivity index (χ4n) is 2.17. The molecule has 0 bridgehead atoms. The van der Waals surface area contributed by atoms with E-state index < -0.39 is 5.95 Å². The Bertz CT molecular complexity index is 789. The number of pyridine rings is 1. The van der Waals surface area contributed by atoms with Gasteiger partial charge in [0.15, 0.2) is 0 Å². The molecule has 2 nitrogen and oxygen atoms in total. The average molecular weight is 248 g/mol. The molecule has 0 saturated carbocycles. The van der Waals surface area contributed by atoms with Gasteiger partial charge in [0.05, 0.1) is 16.6 Å². The zero-order chi connectivity index (χ0) is 13.2. The van der Waals surface area contributed by atoms with Crippen LogP contribution in [0.25, 0.3) is 22.0 Å². The molecule has 0 saturated heterocycles. The Morgan fingerprint density at radius 2 is 1.63 bits per heavy atom. The van der Waals surface area contributed by atoms with Crippen LogP contribution in [0.15, 0.2) is 54.6 Å². The third-order valence-electron chi connectivity index (χ3n) is 3.02. The van der Waals surface area contributed by atoms with Crippen molar-refractivity contribution in [3.8, 4) is 17.2 Å². The SMILES string of the molecule is N#Cc1c(-c2ccccc2)c(F)nc2ccccc12. The fourth-order valence-corrected chi connectivity index (χ4v) is 2.17. The Morgan fingerprint density at radius 3 is 2.37 bits per heavy atom. The van der Waals surface area contributed by atoms with Gasteiger partial charge in [0, 0.05) is 5.39 Å². The van der Waals surface area contributed by atoms with Gasteiger partial charge in [0.25, 0.3) is 0 Å². The Morgan fingerprint density at radius 1 is 0.947 bits per heavy atom. The van der Waals surface area contributed by atoms with E-state index in [4.69, 9.17) is 0 Å². The molecule has 19 heavy (non-hydrogen) atoms. The summed E-state index contributed by atoms with van der Waals surface area (Å²) in [4.78, 5) is 3.94. The summed E-state index contributed by atoms with van der Waals surface area (Å²) in [5.74, 6) is -0.610. The van der Waals surface area contributed by atoms with Crippen LogP contribution in [0.1, 0.15) is 5.56 Å². The van der Waals surface area contributed by atoms with Crippen LogP contribution in [0.4, 0.5) is 4.39 Å². The summed E-state index contributed by atoms with van der Waals surface area (Å²) in [7, 11) is 0. The van der Waals surface area contributed by atoms with Crippen molar-refractivity contribution in [3.63, 3.8) is 0 Å². The summed E-state index contributed by atoms with van der Waals surface area (Å²) in [6.07, 6.45) is 0. The zero-order valence-corrected chi connectivity index (χ0v) is 9.97. The van der Waals surface area contributed by atoms with Crippen LogP contribution in [0.5, 0.6) is 0 Å². The molecule has 0 radical (unpaired) electrons. The normalized spacial score (nSPS) is 10.3. The first-order chi connectivity index (χ1) is 9.31. The smallest absolute Gasteiger partial charge is 0.219 e. The van der Waals surface area contributed by atoms with E-state index in [-0.39, 0.29) is 5.56 Å². The maximum atomic E-state index is 14.2. The Labute approximate surface area is 109 Å². The molecule has 0 atom stereocenters. The number of hydrogen-bond acceptors (Lipinski definition) is 2. The van der Waals surface area contributed by atoms with Crippen molar-refractivity contribution in [1.29, 1.82) is 5.26 Å². The maximum absolute atomic E-state index is 14.2. The lowest BCUT2D eigenvalue weighted by molar-refractivity contribution is 0.592. The van der Waals surface area contributed by atoms with Crippen LogP contribution >= 0.6 is 0 Å². The quantitative estimate of drug-likeness (QED) is 0.612. The van der Waals surface area contributed by atoms with E-state index in [0.29, 0.717) is 22.0 Å². The number of benzene rings is 2. The van der Waals surface area contributed by atoms with Crippen LogP contribution in [-0.4, -0.2) is 4.98 Å². The molecular formula is C16H9FN2. The van der Waals surface area contributed by atoms with E-state index in [0.717, 1.165) is 0 Å². The van der Waals surface area contributed by atoms with Crippen molar-refractivity contribution in [2.24, 2.45) is 0 Å². The molecule has 1 heterocycles. The minimum Gasteiger partial charge on any atom is -0.219 e. The third kappa shape index (κ3) is 1.84. The van der Waals surface area contributed by atoms with Crippen molar-refractivity contribution >= 4 is 10.9 Å². The van der Waals surface area contributed by atoms with Gasteiger partial charge in [-0.3, -0.25) is 0 Å². The van der Waals surface area contributed by atoms with Crippen LogP contribution in [0.2, 0.25) is 0 Å². The van der Waals surface area contributed by atoms with Crippen molar-refractivity contribution in [3.05, 3.63) is 66.1 Å². The van der Waals surface area contributed by atoms with E-state index in [1.54, 1.807) is 30.3 Å². The average Bonchev–Trinajstić information content (AvgIpc) is 2.46. The van der Waals surface area contributed by atoms with Gasteiger partial charge < -0.3 is 0 Å². The molecule has 0 spiro atoms. The summed E-state index contributed by atoms with van der Waals surface area (Å²) in [6.45, 7) is 0. The standard InChI is InChI=1S/C16H9FN2/c17-16-15(11-6-2-1-3-7-11)13(10-18)12-8-4-5-9-14(12)19-16/h1-9H. The lowest BCUT2D eigenvalue weighted by Crippen LogP contribution is -1.96. The predicted molar refractivity (Wildman–Crippen MR) is 71.9 cm³/mol. The van der Waals surface area contributed by atoms with Gasteiger partial charge in [0.2, 0.25) is 5.95 Å². The number of hydrogen-bond donors (Lipinski definition) is 0. The van der Waals surface area contributed by atoms with Crippen LogP contribution in [0, 0.1) is 17.3 Å². The molecule has 0 aliphatic heterocycles. The van der Waals surface area contributed by atoms with Gasteiger partial charge in [-0.2, -0.15) is 9.65 Å². The minimum atomic E-state index is -0.610. The second-order valence-electron chi connectivity index (χ2n) is 4.15. The zero-order valence-electron chi connectivity index (χ0n) is 9.97. The topological polar surface area (TPSA) is 36.7 Å². The van der Waals surface area contributed by atoms with Crippen molar-refractivity contribution in [2.75, 3.05) is 0 Å². The molecule has 0 aliphatic carbocycles. The molecule has 3 heteroatoms. The highest BCUT2D eigenvalue weighted by Crippen LogP contribution is 2.30. The molecule has 1 aromatic heterocycles. The summed E-state index contributed by atoms with van der Waals surface area (Å²) < 4.78 is 14.2. The molecular weight excluding hydrogens is 239 g/mol. The van der Waals surface area contributed by atoms with E-state index >= 15 is 0 Å². The molecule has 0 unspecified atom stereocenters. The van der Waals surface area contributed by atoms with E-state index in [2.05, 4.69) is 11.1 Å². The molecule has 3 rings (SSSR count). The van der Waals surface area contributed by atoms with Gasteiger partial charge in [-0.15, -0.1) is 0 Å². The lowest BCUT2D eigenvalue weighted by atomic mass is 9.98. The number of rotatable bonds is 1. The monoisotopic (exact) mass is 248 g/mol. The lowest BCUT2D eigenvalue weighted by Gasteiger charge is -2.08. The second-order valence-corrected chi connectivity index (χ2v) is 4.15. The molecule has 0 amide bonds. The Balaban J connectivity index is 2.43. The van der Waals surface area contributed by atoms with Crippen molar-refractivity contribution < 1.29 is 4.39 Å². The number of halogens is 1. The van der Waals surface area contributed by atoms with E-state index in [1.165, 1.54) is 0 Å². The molecule has 0 fully saturated rings. The highest BCUT2D eigenvalue weighted by molar-refractivity contribution is 5.91. The largest absolute Gasteiger partial charge is 0.222 e. The first-order valence-corrected chi connectivity index (χ1v) is 5.85. The number of para-hydroxylation sites is 1. The first kappa shape index (κ1) is 11.4. The maximum Gasteiger partial charge on any atom is 0.222 e. The summed E-state index contributed by atoms with van der Waals surface area (Å²) >= 11 is 0. The van der Waals surface area contributed by atoms with Gasteiger partial charge in [-0.1, -0.05) is 48.5 Å². The van der Waals surface area contributed by atoms with Crippen LogP contribution in [0.3, 0.4) is 0 Å². The number of aromatic nitrogens is 1. The van der Waals surface area contributed by atoms with Crippen molar-refractivity contribution in [1.82, 2.24) is 4.98 Å². The van der Waals surface area contributed by atoms with Gasteiger partial charge in [-0.25, -0.2) is 4.98 Å². The third-order valence-corrected chi connectivity index (χ3v) is 3.02. The minimum absolute atomic E-state index is 0.266. The van der Waals surface area contributed by atoms with Gasteiger partial charge >= 0.3 is 0 Å². The number of nitriles is 1. The van der Waals surface area contributed by atoms with Crippen LogP contribution in [-0.2, 0) is 0 Å². The highest BCUT2D eigenvalue weighted by atomic mass is 19.1. The number of nitrogens with zero attached hydrogens (tertiary/aromatic N) is 2. The molecule has 0 aliphatic rings. The van der Waals surface area contributed by atoms with Crippen molar-refractivity contribution in [2.45, 2.75) is 0 Å². The first-order valence-electron chi connectivity index (χ1n) is 5.85. The van der Waals surface area contributed by atoms with E-state index in [9.17, 15) is 9.65 Å². The summed E-state index contributed by atoms with van der Waals surface area (Å²) in [6, 6.07) is 18.2.